The molecule has 0 bridgehead atoms. The van der Waals surface area contributed by atoms with E-state index in [1.54, 1.807) is 4.90 Å². The van der Waals surface area contributed by atoms with Crippen LogP contribution in [0.1, 0.15) is 50.7 Å². The molecule has 6 nitrogen and oxygen atoms in total. The van der Waals surface area contributed by atoms with Crippen LogP contribution in [0.5, 0.6) is 0 Å². The number of carbonyl (C=O) groups is 3. The summed E-state index contributed by atoms with van der Waals surface area (Å²) in [5, 5.41) is 5.48. The van der Waals surface area contributed by atoms with Gasteiger partial charge in [0.1, 0.15) is 0 Å². The largest absolute Gasteiger partial charge is 0.347 e. The number of nitrogens with zero attached hydrogens (tertiary/aromatic N) is 1. The second-order valence-electron chi connectivity index (χ2n) is 6.46. The van der Waals surface area contributed by atoms with Crippen LogP contribution in [0, 0.1) is 0 Å². The Morgan fingerprint density at radius 1 is 1.16 bits per heavy atom. The van der Waals surface area contributed by atoms with Crippen molar-refractivity contribution in [1.29, 1.82) is 0 Å². The second kappa shape index (κ2) is 9.20. The average molecular weight is 345 g/mol. The quantitative estimate of drug-likeness (QED) is 0.744. The highest BCUT2D eigenvalue weighted by molar-refractivity contribution is 5.89. The van der Waals surface area contributed by atoms with Gasteiger partial charge in [-0.05, 0) is 36.1 Å². The van der Waals surface area contributed by atoms with Crippen molar-refractivity contribution in [3.05, 3.63) is 29.3 Å². The van der Waals surface area contributed by atoms with Crippen molar-refractivity contribution in [3.8, 4) is 0 Å². The number of benzene rings is 1. The number of fused-ring (bicyclic) bond motifs is 1. The molecule has 1 aromatic carbocycles. The van der Waals surface area contributed by atoms with Crippen molar-refractivity contribution >= 4 is 23.4 Å². The Labute approximate surface area is 149 Å². The van der Waals surface area contributed by atoms with Crippen molar-refractivity contribution in [2.24, 2.45) is 0 Å². The molecular formula is C19H27N3O3. The molecule has 1 aromatic rings. The van der Waals surface area contributed by atoms with Gasteiger partial charge in [-0.25, -0.2) is 0 Å². The summed E-state index contributed by atoms with van der Waals surface area (Å²) in [7, 11) is 0. The predicted octanol–water partition coefficient (Wildman–Crippen LogP) is 2.23. The van der Waals surface area contributed by atoms with Crippen LogP contribution >= 0.6 is 0 Å². The maximum Gasteiger partial charge on any atom is 0.242 e. The van der Waals surface area contributed by atoms with Gasteiger partial charge in [-0.15, -0.1) is 0 Å². The molecule has 2 rings (SSSR count). The summed E-state index contributed by atoms with van der Waals surface area (Å²) in [5.74, 6) is -0.249. The number of amides is 3. The Hall–Kier alpha value is -2.37. The van der Waals surface area contributed by atoms with Gasteiger partial charge in [0.25, 0.3) is 0 Å². The van der Waals surface area contributed by atoms with Crippen molar-refractivity contribution in [1.82, 2.24) is 10.2 Å². The molecule has 0 saturated carbocycles. The van der Waals surface area contributed by atoms with Gasteiger partial charge >= 0.3 is 0 Å². The van der Waals surface area contributed by atoms with E-state index in [1.807, 2.05) is 18.2 Å². The summed E-state index contributed by atoms with van der Waals surface area (Å²) >= 11 is 0. The molecule has 1 heterocycles. The smallest absolute Gasteiger partial charge is 0.242 e. The summed E-state index contributed by atoms with van der Waals surface area (Å²) in [4.78, 5) is 37.0. The summed E-state index contributed by atoms with van der Waals surface area (Å²) in [6, 6.07) is 5.80. The van der Waals surface area contributed by atoms with Crippen LogP contribution in [0.2, 0.25) is 0 Å². The second-order valence-corrected chi connectivity index (χ2v) is 6.46. The zero-order valence-corrected chi connectivity index (χ0v) is 15.1. The monoisotopic (exact) mass is 345 g/mol. The minimum Gasteiger partial charge on any atom is -0.347 e. The lowest BCUT2D eigenvalue weighted by Gasteiger charge is -2.29. The molecule has 3 amide bonds. The number of hydrogen-bond acceptors (Lipinski definition) is 3. The molecular weight excluding hydrogens is 318 g/mol. The van der Waals surface area contributed by atoms with Crippen LogP contribution in [0.15, 0.2) is 18.2 Å². The van der Waals surface area contributed by atoms with Gasteiger partial charge in [-0.3, -0.25) is 14.4 Å². The van der Waals surface area contributed by atoms with Gasteiger partial charge in [0.05, 0.1) is 6.54 Å². The van der Waals surface area contributed by atoms with Gasteiger partial charge < -0.3 is 15.5 Å². The van der Waals surface area contributed by atoms with Crippen molar-refractivity contribution in [2.75, 3.05) is 18.4 Å². The minimum absolute atomic E-state index is 0.0473. The van der Waals surface area contributed by atoms with E-state index in [2.05, 4.69) is 17.6 Å². The third kappa shape index (κ3) is 5.89. The Kier molecular flexibility index (Phi) is 6.98. The van der Waals surface area contributed by atoms with Gasteiger partial charge in [-0.2, -0.15) is 0 Å². The molecule has 136 valence electrons. The fourth-order valence-electron chi connectivity index (χ4n) is 2.96. The van der Waals surface area contributed by atoms with Crippen molar-refractivity contribution in [3.63, 3.8) is 0 Å². The zero-order valence-electron chi connectivity index (χ0n) is 15.1. The summed E-state index contributed by atoms with van der Waals surface area (Å²) < 4.78 is 0. The lowest BCUT2D eigenvalue weighted by atomic mass is 9.99. The Morgan fingerprint density at radius 3 is 2.68 bits per heavy atom. The lowest BCUT2D eigenvalue weighted by Crippen LogP contribution is -2.42. The topological polar surface area (TPSA) is 78.5 Å². The van der Waals surface area contributed by atoms with Crippen LogP contribution in [0.4, 0.5) is 5.69 Å². The minimum atomic E-state index is -0.116. The van der Waals surface area contributed by atoms with E-state index in [-0.39, 0.29) is 24.3 Å². The maximum atomic E-state index is 12.3. The first-order valence-electron chi connectivity index (χ1n) is 8.93. The first-order chi connectivity index (χ1) is 12.0. The number of nitrogens with one attached hydrogen (secondary N) is 2. The fourth-order valence-corrected chi connectivity index (χ4v) is 2.96. The Bertz CT molecular complexity index is 643. The molecule has 25 heavy (non-hydrogen) atoms. The summed E-state index contributed by atoms with van der Waals surface area (Å²) in [6.45, 7) is 4.77. The van der Waals surface area contributed by atoms with E-state index >= 15 is 0 Å². The molecule has 0 radical (unpaired) electrons. The molecule has 1 aliphatic rings. The number of carbonyl (C=O) groups excluding carboxylic acids is 3. The molecule has 6 heteroatoms. The van der Waals surface area contributed by atoms with Gasteiger partial charge in [0, 0.05) is 32.1 Å². The molecule has 0 unspecified atom stereocenters. The van der Waals surface area contributed by atoms with Crippen LogP contribution in [0.3, 0.4) is 0 Å². The maximum absolute atomic E-state index is 12.3. The number of hydrogen-bond donors (Lipinski definition) is 2. The fraction of sp³-hybridized carbons (Fsp3) is 0.526. The highest BCUT2D eigenvalue weighted by atomic mass is 16.2. The van der Waals surface area contributed by atoms with Crippen LogP contribution < -0.4 is 10.6 Å². The van der Waals surface area contributed by atoms with Crippen LogP contribution in [-0.2, 0) is 27.3 Å². The van der Waals surface area contributed by atoms with Gasteiger partial charge in [-0.1, -0.05) is 25.8 Å². The van der Waals surface area contributed by atoms with Gasteiger partial charge in [0.15, 0.2) is 0 Å². The summed E-state index contributed by atoms with van der Waals surface area (Å²) in [6.07, 6.45) is 4.22. The van der Waals surface area contributed by atoms with Crippen LogP contribution in [-0.4, -0.2) is 35.7 Å². The van der Waals surface area contributed by atoms with Crippen LogP contribution in [0.25, 0.3) is 0 Å². The van der Waals surface area contributed by atoms with Crippen molar-refractivity contribution < 1.29 is 14.4 Å². The molecule has 2 N–H and O–H groups in total. The summed E-state index contributed by atoms with van der Waals surface area (Å²) in [5.41, 5.74) is 2.98. The molecule has 0 saturated heterocycles. The molecule has 0 spiro atoms. The van der Waals surface area contributed by atoms with Crippen molar-refractivity contribution in [2.45, 2.75) is 52.5 Å². The van der Waals surface area contributed by atoms with E-state index < -0.39 is 0 Å². The Balaban J connectivity index is 1.87. The molecule has 0 atom stereocenters. The third-order valence-corrected chi connectivity index (χ3v) is 4.34. The third-order valence-electron chi connectivity index (χ3n) is 4.34. The number of unbranched alkanes of at least 4 members (excludes halogenated alkanes) is 2. The predicted molar refractivity (Wildman–Crippen MR) is 97.0 cm³/mol. The number of anilines is 1. The molecule has 1 aliphatic heterocycles. The average Bonchev–Trinajstić information content (AvgIpc) is 2.58. The first kappa shape index (κ1) is 19.0. The Morgan fingerprint density at radius 2 is 1.96 bits per heavy atom. The van der Waals surface area contributed by atoms with E-state index in [4.69, 9.17) is 0 Å². The lowest BCUT2D eigenvalue weighted by molar-refractivity contribution is -0.133. The van der Waals surface area contributed by atoms with Gasteiger partial charge in [0.2, 0.25) is 17.7 Å². The SMILES string of the molecule is CCCCCC(=O)NCC(=O)N1CCc2ccc(NC(C)=O)cc2C1. The molecule has 0 aliphatic carbocycles. The normalized spacial score (nSPS) is 13.1. The molecule has 0 fully saturated rings. The van der Waals surface area contributed by atoms with E-state index in [1.165, 1.54) is 12.5 Å². The van der Waals surface area contributed by atoms with E-state index in [0.717, 1.165) is 36.9 Å². The molecule has 0 aromatic heterocycles. The zero-order chi connectivity index (χ0) is 18.2. The highest BCUT2D eigenvalue weighted by Crippen LogP contribution is 2.22. The van der Waals surface area contributed by atoms with E-state index in [0.29, 0.717) is 19.5 Å². The standard InChI is InChI=1S/C19H27N3O3/c1-3-4-5-6-18(24)20-12-19(25)22-10-9-15-7-8-17(21-14(2)23)11-16(15)13-22/h7-8,11H,3-6,9-10,12-13H2,1-2H3,(H,20,24)(H,21,23). The first-order valence-corrected chi connectivity index (χ1v) is 8.93. The van der Waals surface area contributed by atoms with E-state index in [9.17, 15) is 14.4 Å². The highest BCUT2D eigenvalue weighted by Gasteiger charge is 2.21. The number of rotatable bonds is 7.